The summed E-state index contributed by atoms with van der Waals surface area (Å²) < 4.78 is 7.73. The summed E-state index contributed by atoms with van der Waals surface area (Å²) in [6.07, 6.45) is 0. The number of rotatable bonds is 6. The van der Waals surface area contributed by atoms with Crippen LogP contribution in [0.15, 0.2) is 35.7 Å². The van der Waals surface area contributed by atoms with E-state index in [1.807, 2.05) is 75.3 Å². The van der Waals surface area contributed by atoms with Crippen LogP contribution < -0.4 is 4.74 Å². The Balaban J connectivity index is 1.64. The summed E-state index contributed by atoms with van der Waals surface area (Å²) in [5.41, 5.74) is 5.27. The summed E-state index contributed by atoms with van der Waals surface area (Å²) in [6.45, 7) is 7.04. The Morgan fingerprint density at radius 3 is 2.67 bits per heavy atom. The molecule has 5 nitrogen and oxygen atoms in total. The maximum atomic E-state index is 12.8. The van der Waals surface area contributed by atoms with Gasteiger partial charge < -0.3 is 9.64 Å². The summed E-state index contributed by atoms with van der Waals surface area (Å²) in [5.74, 6) is 0.890. The van der Waals surface area contributed by atoms with Crippen LogP contribution >= 0.6 is 11.3 Å². The van der Waals surface area contributed by atoms with Gasteiger partial charge in [0.05, 0.1) is 10.6 Å². The summed E-state index contributed by atoms with van der Waals surface area (Å²) in [6, 6.07) is 9.85. The van der Waals surface area contributed by atoms with Gasteiger partial charge in [0.25, 0.3) is 5.91 Å². The van der Waals surface area contributed by atoms with Crippen LogP contribution in [-0.2, 0) is 20.2 Å². The molecule has 3 rings (SSSR count). The van der Waals surface area contributed by atoms with Crippen molar-refractivity contribution in [2.24, 2.45) is 7.05 Å². The highest BCUT2D eigenvalue weighted by Gasteiger charge is 2.18. The summed E-state index contributed by atoms with van der Waals surface area (Å²) in [5, 5.41) is 6.41. The fourth-order valence-electron chi connectivity index (χ4n) is 2.99. The van der Waals surface area contributed by atoms with Gasteiger partial charge in [0, 0.05) is 37.5 Å². The van der Waals surface area contributed by atoms with E-state index in [2.05, 4.69) is 5.10 Å². The number of nitrogens with zero attached hydrogens (tertiary/aromatic N) is 3. The molecule has 0 aliphatic heterocycles. The number of hydrogen-bond acceptors (Lipinski definition) is 4. The molecule has 0 unspecified atom stereocenters. The van der Waals surface area contributed by atoms with Gasteiger partial charge in [-0.3, -0.25) is 9.48 Å². The Morgan fingerprint density at radius 2 is 2.00 bits per heavy atom. The third-order valence-electron chi connectivity index (χ3n) is 4.75. The molecule has 0 aliphatic rings. The fraction of sp³-hybridized carbons (Fsp3) is 0.333. The van der Waals surface area contributed by atoms with Crippen LogP contribution in [0.3, 0.4) is 0 Å². The molecule has 0 saturated carbocycles. The van der Waals surface area contributed by atoms with Crippen LogP contribution in [0.4, 0.5) is 0 Å². The number of benzene rings is 1. The lowest BCUT2D eigenvalue weighted by Gasteiger charge is -2.16. The van der Waals surface area contributed by atoms with E-state index >= 15 is 0 Å². The second-order valence-corrected chi connectivity index (χ2v) is 7.72. The van der Waals surface area contributed by atoms with Gasteiger partial charge in [-0.15, -0.1) is 11.3 Å². The van der Waals surface area contributed by atoms with Crippen molar-refractivity contribution >= 4 is 17.2 Å². The molecule has 0 bridgehead atoms. The van der Waals surface area contributed by atoms with Crippen molar-refractivity contribution in [3.05, 3.63) is 68.7 Å². The van der Waals surface area contributed by atoms with E-state index in [1.165, 1.54) is 11.3 Å². The largest absolute Gasteiger partial charge is 0.489 e. The first kappa shape index (κ1) is 19.2. The van der Waals surface area contributed by atoms with Crippen LogP contribution in [0.5, 0.6) is 5.75 Å². The van der Waals surface area contributed by atoms with Crippen molar-refractivity contribution in [1.82, 2.24) is 14.7 Å². The molecular weight excluding hydrogens is 358 g/mol. The van der Waals surface area contributed by atoms with Gasteiger partial charge in [0.1, 0.15) is 12.4 Å². The summed E-state index contributed by atoms with van der Waals surface area (Å²) in [4.78, 5) is 15.3. The number of hydrogen-bond donors (Lipinski definition) is 0. The molecule has 0 spiro atoms. The van der Waals surface area contributed by atoms with Crippen molar-refractivity contribution < 1.29 is 9.53 Å². The zero-order valence-corrected chi connectivity index (χ0v) is 17.3. The van der Waals surface area contributed by atoms with Gasteiger partial charge in [-0.1, -0.05) is 18.2 Å². The van der Waals surface area contributed by atoms with Crippen molar-refractivity contribution in [3.63, 3.8) is 0 Å². The minimum Gasteiger partial charge on any atom is -0.489 e. The van der Waals surface area contributed by atoms with E-state index in [0.29, 0.717) is 13.2 Å². The minimum atomic E-state index is 0.0183. The van der Waals surface area contributed by atoms with Gasteiger partial charge >= 0.3 is 0 Å². The lowest BCUT2D eigenvalue weighted by Crippen LogP contribution is -2.26. The van der Waals surface area contributed by atoms with E-state index < -0.39 is 0 Å². The summed E-state index contributed by atoms with van der Waals surface area (Å²) >= 11 is 1.46. The van der Waals surface area contributed by atoms with Gasteiger partial charge in [-0.05, 0) is 43.8 Å². The maximum Gasteiger partial charge on any atom is 0.263 e. The molecule has 0 N–H and O–H groups in total. The third-order valence-corrected chi connectivity index (χ3v) is 5.72. The Bertz CT molecular complexity index is 958. The Kier molecular flexibility index (Phi) is 5.65. The van der Waals surface area contributed by atoms with E-state index in [0.717, 1.165) is 38.7 Å². The smallest absolute Gasteiger partial charge is 0.263 e. The average molecular weight is 384 g/mol. The van der Waals surface area contributed by atoms with Gasteiger partial charge in [-0.25, -0.2) is 0 Å². The quantitative estimate of drug-likeness (QED) is 0.639. The number of amides is 1. The lowest BCUT2D eigenvalue weighted by molar-refractivity contribution is 0.0789. The molecule has 3 aromatic rings. The zero-order chi connectivity index (χ0) is 19.6. The lowest BCUT2D eigenvalue weighted by atomic mass is 10.2. The number of carbonyl (C=O) groups excluding carboxylic acids is 1. The van der Waals surface area contributed by atoms with Gasteiger partial charge in [0.2, 0.25) is 0 Å². The molecule has 0 aliphatic carbocycles. The highest BCUT2D eigenvalue weighted by atomic mass is 32.1. The van der Waals surface area contributed by atoms with Gasteiger partial charge in [-0.2, -0.15) is 5.10 Å². The molecule has 0 radical (unpaired) electrons. The molecule has 6 heteroatoms. The van der Waals surface area contributed by atoms with E-state index in [9.17, 15) is 4.79 Å². The number of aryl methyl sites for hydroxylation is 3. The molecule has 2 heterocycles. The molecular formula is C21H25N3O2S. The van der Waals surface area contributed by atoms with Crippen molar-refractivity contribution in [2.75, 3.05) is 7.05 Å². The Labute approximate surface area is 164 Å². The van der Waals surface area contributed by atoms with Crippen molar-refractivity contribution in [3.8, 4) is 5.75 Å². The predicted octanol–water partition coefficient (Wildman–Crippen LogP) is 4.26. The van der Waals surface area contributed by atoms with E-state index in [1.54, 1.807) is 4.90 Å². The molecule has 2 aromatic heterocycles. The number of para-hydroxylation sites is 1. The molecule has 0 fully saturated rings. The number of ether oxygens (including phenoxy) is 1. The second-order valence-electron chi connectivity index (χ2n) is 6.81. The molecule has 27 heavy (non-hydrogen) atoms. The number of thiophene rings is 1. The van der Waals surface area contributed by atoms with E-state index in [-0.39, 0.29) is 5.91 Å². The predicted molar refractivity (Wildman–Crippen MR) is 108 cm³/mol. The number of carbonyl (C=O) groups is 1. The monoisotopic (exact) mass is 383 g/mol. The normalized spacial score (nSPS) is 10.9. The zero-order valence-electron chi connectivity index (χ0n) is 16.4. The highest BCUT2D eigenvalue weighted by Crippen LogP contribution is 2.22. The average Bonchev–Trinajstić information content (AvgIpc) is 3.21. The van der Waals surface area contributed by atoms with Crippen molar-refractivity contribution in [1.29, 1.82) is 0 Å². The van der Waals surface area contributed by atoms with E-state index in [4.69, 9.17) is 4.74 Å². The first-order valence-corrected chi connectivity index (χ1v) is 9.75. The SMILES string of the molecule is Cc1ccccc1OCc1csc(C(=O)N(C)Cc2c(C)nn(C)c2C)c1. The topological polar surface area (TPSA) is 47.4 Å². The maximum absolute atomic E-state index is 12.8. The van der Waals surface area contributed by atoms with Gasteiger partial charge in [0.15, 0.2) is 0 Å². The Morgan fingerprint density at radius 1 is 1.26 bits per heavy atom. The first-order chi connectivity index (χ1) is 12.9. The Hall–Kier alpha value is -2.60. The van der Waals surface area contributed by atoms with Crippen LogP contribution in [0, 0.1) is 20.8 Å². The molecule has 142 valence electrons. The van der Waals surface area contributed by atoms with Crippen molar-refractivity contribution in [2.45, 2.75) is 33.9 Å². The highest BCUT2D eigenvalue weighted by molar-refractivity contribution is 7.12. The molecule has 1 aromatic carbocycles. The van der Waals surface area contributed by atoms with Crippen LogP contribution in [0.2, 0.25) is 0 Å². The minimum absolute atomic E-state index is 0.0183. The molecule has 0 saturated heterocycles. The molecule has 0 atom stereocenters. The molecule has 1 amide bonds. The van der Waals surface area contributed by atoms with Crippen LogP contribution in [0.25, 0.3) is 0 Å². The fourth-order valence-corrected chi connectivity index (χ4v) is 3.88. The first-order valence-electron chi connectivity index (χ1n) is 8.87. The standard InChI is InChI=1S/C21H25N3O2S/c1-14-8-6-7-9-19(14)26-12-17-10-20(27-13-17)21(25)23(4)11-18-15(2)22-24(5)16(18)3/h6-10,13H,11-12H2,1-5H3. The second kappa shape index (κ2) is 7.96. The number of aromatic nitrogens is 2. The summed E-state index contributed by atoms with van der Waals surface area (Å²) in [7, 11) is 3.76. The van der Waals surface area contributed by atoms with Crippen LogP contribution in [-0.4, -0.2) is 27.6 Å². The third kappa shape index (κ3) is 4.22. The van der Waals surface area contributed by atoms with Crippen LogP contribution in [0.1, 0.15) is 37.7 Å².